The number of aromatic nitrogens is 1. The lowest BCUT2D eigenvalue weighted by molar-refractivity contribution is -0.124. The highest BCUT2D eigenvalue weighted by Crippen LogP contribution is 2.42. The van der Waals surface area contributed by atoms with Crippen LogP contribution < -0.4 is 10.1 Å². The van der Waals surface area contributed by atoms with Crippen LogP contribution in [0.15, 0.2) is 60.0 Å². The standard InChI is InChI=1S/C24H26N2O4S/c1-5-30-21(27)19-15-31-23(25-19)26-22(28)24(2,3)20(16-9-7-6-8-10-16)17-11-13-18(29-4)14-12-17/h6-15,20H,5H2,1-4H3,(H,25,26,28)/t20-/m1/s1. The van der Waals surface area contributed by atoms with Crippen LogP contribution in [-0.2, 0) is 9.53 Å². The van der Waals surface area contributed by atoms with Gasteiger partial charge in [0.2, 0.25) is 5.91 Å². The first-order valence-corrected chi connectivity index (χ1v) is 10.9. The smallest absolute Gasteiger partial charge is 0.357 e. The van der Waals surface area contributed by atoms with Crippen LogP contribution in [0.5, 0.6) is 5.75 Å². The maximum Gasteiger partial charge on any atom is 0.357 e. The summed E-state index contributed by atoms with van der Waals surface area (Å²) in [5.74, 6) is -0.142. The first-order chi connectivity index (χ1) is 14.9. The number of nitrogens with one attached hydrogen (secondary N) is 1. The lowest BCUT2D eigenvalue weighted by Gasteiger charge is -2.33. The molecule has 7 heteroatoms. The summed E-state index contributed by atoms with van der Waals surface area (Å²) >= 11 is 1.20. The molecule has 2 aromatic carbocycles. The molecule has 0 unspecified atom stereocenters. The van der Waals surface area contributed by atoms with Crippen LogP contribution in [0, 0.1) is 5.41 Å². The van der Waals surface area contributed by atoms with Gasteiger partial charge >= 0.3 is 5.97 Å². The predicted molar refractivity (Wildman–Crippen MR) is 122 cm³/mol. The molecule has 1 atom stereocenters. The average molecular weight is 439 g/mol. The van der Waals surface area contributed by atoms with E-state index in [9.17, 15) is 9.59 Å². The molecule has 0 aliphatic carbocycles. The van der Waals surface area contributed by atoms with Gasteiger partial charge in [-0.2, -0.15) is 0 Å². The van der Waals surface area contributed by atoms with Gasteiger partial charge in [0.1, 0.15) is 5.75 Å². The Kier molecular flexibility index (Phi) is 7.07. The first-order valence-electron chi connectivity index (χ1n) is 9.99. The molecule has 3 rings (SSSR count). The monoisotopic (exact) mass is 438 g/mol. The number of hydrogen-bond acceptors (Lipinski definition) is 6. The van der Waals surface area contributed by atoms with E-state index < -0.39 is 11.4 Å². The van der Waals surface area contributed by atoms with Gasteiger partial charge in [0.25, 0.3) is 0 Å². The maximum atomic E-state index is 13.4. The fraction of sp³-hybridized carbons (Fsp3) is 0.292. The molecule has 0 fully saturated rings. The van der Waals surface area contributed by atoms with E-state index >= 15 is 0 Å². The fourth-order valence-corrected chi connectivity index (χ4v) is 4.16. The van der Waals surface area contributed by atoms with Crippen molar-refractivity contribution in [1.29, 1.82) is 0 Å². The normalized spacial score (nSPS) is 12.1. The van der Waals surface area contributed by atoms with Crippen LogP contribution in [0.25, 0.3) is 0 Å². The summed E-state index contributed by atoms with van der Waals surface area (Å²) in [6.07, 6.45) is 0. The van der Waals surface area contributed by atoms with Crippen LogP contribution in [-0.4, -0.2) is 30.6 Å². The minimum Gasteiger partial charge on any atom is -0.497 e. The van der Waals surface area contributed by atoms with Crippen molar-refractivity contribution in [3.63, 3.8) is 0 Å². The lowest BCUT2D eigenvalue weighted by atomic mass is 9.70. The zero-order valence-electron chi connectivity index (χ0n) is 18.0. The molecule has 0 saturated carbocycles. The zero-order chi connectivity index (χ0) is 22.4. The molecular weight excluding hydrogens is 412 g/mol. The van der Waals surface area contributed by atoms with Gasteiger partial charge in [0.15, 0.2) is 10.8 Å². The highest BCUT2D eigenvalue weighted by molar-refractivity contribution is 7.14. The van der Waals surface area contributed by atoms with Crippen molar-refractivity contribution < 1.29 is 19.1 Å². The van der Waals surface area contributed by atoms with Gasteiger partial charge in [-0.15, -0.1) is 11.3 Å². The van der Waals surface area contributed by atoms with Gasteiger partial charge in [-0.1, -0.05) is 56.3 Å². The summed E-state index contributed by atoms with van der Waals surface area (Å²) in [4.78, 5) is 29.4. The highest BCUT2D eigenvalue weighted by atomic mass is 32.1. The summed E-state index contributed by atoms with van der Waals surface area (Å²) in [6, 6.07) is 17.7. The van der Waals surface area contributed by atoms with Gasteiger partial charge in [0, 0.05) is 11.3 Å². The van der Waals surface area contributed by atoms with E-state index in [0.717, 1.165) is 16.9 Å². The minimum absolute atomic E-state index is 0.190. The molecule has 0 radical (unpaired) electrons. The number of anilines is 1. The Hall–Kier alpha value is -3.19. The average Bonchev–Trinajstić information content (AvgIpc) is 3.24. The molecule has 0 aliphatic rings. The number of ether oxygens (including phenoxy) is 2. The second kappa shape index (κ2) is 9.75. The van der Waals surface area contributed by atoms with E-state index in [2.05, 4.69) is 10.3 Å². The zero-order valence-corrected chi connectivity index (χ0v) is 18.9. The van der Waals surface area contributed by atoms with Gasteiger partial charge in [-0.3, -0.25) is 4.79 Å². The van der Waals surface area contributed by atoms with E-state index in [1.807, 2.05) is 68.4 Å². The second-order valence-electron chi connectivity index (χ2n) is 7.55. The number of esters is 1. The van der Waals surface area contributed by atoms with Crippen molar-refractivity contribution in [3.05, 3.63) is 76.8 Å². The Morgan fingerprint density at radius 1 is 1.06 bits per heavy atom. The van der Waals surface area contributed by atoms with E-state index in [-0.39, 0.29) is 24.1 Å². The van der Waals surface area contributed by atoms with Crippen LogP contribution in [0.4, 0.5) is 5.13 Å². The molecule has 1 aromatic heterocycles. The molecule has 3 aromatic rings. The van der Waals surface area contributed by atoms with Crippen molar-refractivity contribution in [2.75, 3.05) is 19.0 Å². The summed E-state index contributed by atoms with van der Waals surface area (Å²) in [7, 11) is 1.62. The predicted octanol–water partition coefficient (Wildman–Crippen LogP) is 5.13. The molecule has 31 heavy (non-hydrogen) atoms. The maximum absolute atomic E-state index is 13.4. The van der Waals surface area contributed by atoms with Crippen molar-refractivity contribution in [2.24, 2.45) is 5.41 Å². The minimum atomic E-state index is -0.814. The third-order valence-corrected chi connectivity index (χ3v) is 5.86. The van der Waals surface area contributed by atoms with Crippen LogP contribution in [0.3, 0.4) is 0 Å². The quantitative estimate of drug-likeness (QED) is 0.494. The third kappa shape index (κ3) is 5.11. The molecule has 1 N–H and O–H groups in total. The molecule has 162 valence electrons. The summed E-state index contributed by atoms with van der Waals surface area (Å²) in [5, 5.41) is 4.82. The molecule has 0 aliphatic heterocycles. The molecule has 0 bridgehead atoms. The highest BCUT2D eigenvalue weighted by Gasteiger charge is 2.39. The lowest BCUT2D eigenvalue weighted by Crippen LogP contribution is -2.37. The van der Waals surface area contributed by atoms with Crippen LogP contribution in [0.1, 0.15) is 48.3 Å². The van der Waals surface area contributed by atoms with E-state index in [1.54, 1.807) is 19.4 Å². The van der Waals surface area contributed by atoms with Gasteiger partial charge in [-0.25, -0.2) is 9.78 Å². The number of benzene rings is 2. The Morgan fingerprint density at radius 2 is 1.71 bits per heavy atom. The number of methoxy groups -OCH3 is 1. The topological polar surface area (TPSA) is 77.5 Å². The molecule has 1 amide bonds. The summed E-state index contributed by atoms with van der Waals surface area (Å²) in [5.41, 5.74) is 1.40. The summed E-state index contributed by atoms with van der Waals surface area (Å²) < 4.78 is 10.3. The molecular formula is C24H26N2O4S. The Bertz CT molecular complexity index is 1030. The van der Waals surface area contributed by atoms with Crippen molar-refractivity contribution in [2.45, 2.75) is 26.7 Å². The van der Waals surface area contributed by atoms with Crippen molar-refractivity contribution in [3.8, 4) is 5.75 Å². The number of carbonyl (C=O) groups excluding carboxylic acids is 2. The van der Waals surface area contributed by atoms with Crippen LogP contribution in [0.2, 0.25) is 0 Å². The summed E-state index contributed by atoms with van der Waals surface area (Å²) in [6.45, 7) is 5.82. The van der Waals surface area contributed by atoms with Gasteiger partial charge < -0.3 is 14.8 Å². The van der Waals surface area contributed by atoms with Crippen molar-refractivity contribution >= 4 is 28.3 Å². The first kappa shape index (κ1) is 22.5. The Labute approximate surface area is 186 Å². The SMILES string of the molecule is CCOC(=O)c1csc(NC(=O)C(C)(C)[C@H](c2ccccc2)c2ccc(OC)cc2)n1. The van der Waals surface area contributed by atoms with Crippen LogP contribution >= 0.6 is 11.3 Å². The number of hydrogen-bond donors (Lipinski definition) is 1. The van der Waals surface area contributed by atoms with Crippen molar-refractivity contribution in [1.82, 2.24) is 4.98 Å². The number of carbonyl (C=O) groups is 2. The molecule has 0 saturated heterocycles. The van der Waals surface area contributed by atoms with Gasteiger partial charge in [0.05, 0.1) is 19.1 Å². The van der Waals surface area contributed by atoms with E-state index in [0.29, 0.717) is 5.13 Å². The Morgan fingerprint density at radius 3 is 2.32 bits per heavy atom. The number of nitrogens with zero attached hydrogens (tertiary/aromatic N) is 1. The third-order valence-electron chi connectivity index (χ3n) is 5.10. The van der Waals surface area contributed by atoms with Gasteiger partial charge in [-0.05, 0) is 30.2 Å². The fourth-order valence-electron chi connectivity index (χ4n) is 3.49. The largest absolute Gasteiger partial charge is 0.497 e. The van der Waals surface area contributed by atoms with E-state index in [4.69, 9.17) is 9.47 Å². The van der Waals surface area contributed by atoms with E-state index in [1.165, 1.54) is 11.3 Å². The number of thiazole rings is 1. The molecule has 0 spiro atoms. The second-order valence-corrected chi connectivity index (χ2v) is 8.41. The Balaban J connectivity index is 1.90. The number of amides is 1. The molecule has 6 nitrogen and oxygen atoms in total. The number of rotatable bonds is 8. The molecule has 1 heterocycles.